The molecule has 0 aliphatic heterocycles. The summed E-state index contributed by atoms with van der Waals surface area (Å²) in [4.78, 5) is 15.1. The lowest BCUT2D eigenvalue weighted by Crippen LogP contribution is -2.52. The molecule has 29 heavy (non-hydrogen) atoms. The molecule has 1 N–H and O–H groups in total. The predicted octanol–water partition coefficient (Wildman–Crippen LogP) is 6.34. The second-order valence-corrected chi connectivity index (χ2v) is 15.2. The fourth-order valence-corrected chi connectivity index (χ4v) is 5.16. The summed E-state index contributed by atoms with van der Waals surface area (Å²) in [5.74, 6) is -1.16. The Morgan fingerprint density at radius 3 is 2.34 bits per heavy atom. The van der Waals surface area contributed by atoms with Crippen molar-refractivity contribution < 1.29 is 19.1 Å². The van der Waals surface area contributed by atoms with E-state index < -0.39 is 25.4 Å². The molecule has 2 atom stereocenters. The smallest absolute Gasteiger partial charge is 0.505 e. The summed E-state index contributed by atoms with van der Waals surface area (Å²) >= 11 is 0. The van der Waals surface area contributed by atoms with Crippen LogP contribution in [-0.2, 0) is 14.0 Å². The average molecular weight is 424 g/mol. The standard InChI is InChI=1S/C22H38N2O4Si/c1-11-27-19(26)18(24-23)16(25)14-22(8)15(2)21(6,7)13-12-17(22)28-29(9,10)20(3,4)5/h17H,2,11-14H2,1,3-10H3/p+1/t17-,22-/m1/s1. The van der Waals surface area contributed by atoms with Crippen molar-refractivity contribution in [1.29, 1.82) is 5.39 Å². The molecule has 0 spiro atoms. The molecular formula is C22H39N2O4Si+. The maximum absolute atomic E-state index is 12.1. The van der Waals surface area contributed by atoms with Crippen LogP contribution in [0.4, 0.5) is 0 Å². The van der Waals surface area contributed by atoms with Gasteiger partial charge in [0, 0.05) is 11.8 Å². The lowest BCUT2D eigenvalue weighted by atomic mass is 9.58. The molecule has 0 aromatic rings. The van der Waals surface area contributed by atoms with E-state index in [4.69, 9.17) is 9.16 Å². The van der Waals surface area contributed by atoms with Crippen LogP contribution in [0.3, 0.4) is 0 Å². The Hall–Kier alpha value is -1.65. The minimum absolute atomic E-state index is 0.0383. The highest BCUT2D eigenvalue weighted by molar-refractivity contribution is 6.74. The Balaban J connectivity index is 3.41. The first kappa shape index (κ1) is 25.4. The second-order valence-electron chi connectivity index (χ2n) is 10.5. The molecule has 1 rings (SSSR count). The third kappa shape index (κ3) is 5.29. The lowest BCUT2D eigenvalue weighted by Gasteiger charge is -2.53. The fourth-order valence-electron chi connectivity index (χ4n) is 3.72. The third-order valence-corrected chi connectivity index (χ3v) is 11.4. The summed E-state index contributed by atoms with van der Waals surface area (Å²) in [7, 11) is -2.08. The summed E-state index contributed by atoms with van der Waals surface area (Å²) in [5, 5.41) is 20.1. The topological polar surface area (TPSA) is 83.9 Å². The molecule has 0 amide bonds. The lowest BCUT2D eigenvalue weighted by molar-refractivity contribution is -0.138. The number of diazo groups is 1. The third-order valence-electron chi connectivity index (χ3n) is 6.87. The number of carbonyl (C=O) groups is 1. The zero-order valence-electron chi connectivity index (χ0n) is 19.7. The number of aliphatic hydroxyl groups excluding tert-OH is 1. The van der Waals surface area contributed by atoms with E-state index in [1.807, 2.05) is 6.92 Å². The fraction of sp³-hybridized carbons (Fsp3) is 0.773. The average Bonchev–Trinajstić information content (AvgIpc) is 2.56. The maximum atomic E-state index is 12.1. The highest BCUT2D eigenvalue weighted by Crippen LogP contribution is 2.55. The SMILES string of the molecule is C=C1C(C)(C)CC[C@@H](O[Si](C)(C)C(C)(C)C)[C@]1(C)C/C(O)=C(\[N+]#N)C(=O)OCC. The highest BCUT2D eigenvalue weighted by atomic mass is 28.4. The number of aliphatic hydroxyl groups is 1. The van der Waals surface area contributed by atoms with Gasteiger partial charge < -0.3 is 14.3 Å². The van der Waals surface area contributed by atoms with Crippen molar-refractivity contribution in [2.45, 2.75) is 92.0 Å². The summed E-state index contributed by atoms with van der Waals surface area (Å²) in [6.45, 7) is 23.4. The molecule has 0 bridgehead atoms. The van der Waals surface area contributed by atoms with Gasteiger partial charge in [-0.2, -0.15) is 0 Å². The number of nitrogens with zero attached hydrogens (tertiary/aromatic N) is 2. The van der Waals surface area contributed by atoms with E-state index in [1.54, 1.807) is 6.92 Å². The van der Waals surface area contributed by atoms with Gasteiger partial charge in [-0.3, -0.25) is 0 Å². The van der Waals surface area contributed by atoms with Crippen LogP contribution in [0.5, 0.6) is 0 Å². The van der Waals surface area contributed by atoms with Crippen LogP contribution < -0.4 is 0 Å². The number of carbonyl (C=O) groups excluding carboxylic acids is 1. The van der Waals surface area contributed by atoms with Gasteiger partial charge in [-0.15, -0.1) is 0 Å². The number of hydrogen-bond acceptors (Lipinski definition) is 5. The second kappa shape index (κ2) is 8.61. The van der Waals surface area contributed by atoms with Crippen molar-refractivity contribution in [1.82, 2.24) is 0 Å². The monoisotopic (exact) mass is 423 g/mol. The molecule has 0 saturated heterocycles. The summed E-state index contributed by atoms with van der Waals surface area (Å²) in [6, 6.07) is 0. The Labute approximate surface area is 177 Å². The molecule has 0 radical (unpaired) electrons. The number of hydrogen-bond donors (Lipinski definition) is 1. The number of ether oxygens (including phenoxy) is 1. The van der Waals surface area contributed by atoms with Crippen LogP contribution in [0.1, 0.15) is 67.7 Å². The Morgan fingerprint density at radius 2 is 1.90 bits per heavy atom. The van der Waals surface area contributed by atoms with E-state index in [0.717, 1.165) is 18.4 Å². The van der Waals surface area contributed by atoms with Gasteiger partial charge in [0.05, 0.1) is 12.7 Å². The van der Waals surface area contributed by atoms with Crippen LogP contribution in [-0.4, -0.2) is 32.1 Å². The number of esters is 1. The van der Waals surface area contributed by atoms with Gasteiger partial charge in [0.25, 0.3) is 0 Å². The summed E-state index contributed by atoms with van der Waals surface area (Å²) in [5.41, 5.74) is -0.255. The van der Waals surface area contributed by atoms with Gasteiger partial charge >= 0.3 is 11.7 Å². The van der Waals surface area contributed by atoms with E-state index in [9.17, 15) is 15.3 Å². The molecule has 0 unspecified atom stereocenters. The summed E-state index contributed by atoms with van der Waals surface area (Å²) < 4.78 is 11.7. The van der Waals surface area contributed by atoms with Crippen molar-refractivity contribution >= 4 is 14.3 Å². The minimum atomic E-state index is -2.08. The normalized spacial score (nSPS) is 25.8. The van der Waals surface area contributed by atoms with Gasteiger partial charge in [-0.1, -0.05) is 53.7 Å². The molecule has 0 aromatic carbocycles. The molecule has 1 aliphatic rings. The van der Waals surface area contributed by atoms with Crippen LogP contribution in [0.15, 0.2) is 23.6 Å². The first-order valence-corrected chi connectivity index (χ1v) is 13.3. The van der Waals surface area contributed by atoms with Gasteiger partial charge in [0.15, 0.2) is 19.1 Å². The molecule has 1 fully saturated rings. The maximum Gasteiger partial charge on any atom is 0.505 e. The quantitative estimate of drug-likeness (QED) is 0.135. The highest BCUT2D eigenvalue weighted by Gasteiger charge is 2.52. The van der Waals surface area contributed by atoms with Crippen molar-refractivity contribution in [2.24, 2.45) is 10.8 Å². The van der Waals surface area contributed by atoms with E-state index in [1.165, 1.54) is 0 Å². The molecule has 0 heterocycles. The minimum Gasteiger partial charge on any atom is -0.505 e. The zero-order valence-corrected chi connectivity index (χ0v) is 20.7. The Kier molecular flexibility index (Phi) is 7.53. The van der Waals surface area contributed by atoms with Crippen molar-refractivity contribution in [3.05, 3.63) is 28.6 Å². The number of rotatable bonds is 6. The molecule has 1 aliphatic carbocycles. The molecule has 7 heteroatoms. The Morgan fingerprint density at radius 1 is 1.34 bits per heavy atom. The van der Waals surface area contributed by atoms with Gasteiger partial charge in [0.1, 0.15) is 0 Å². The molecule has 6 nitrogen and oxygen atoms in total. The van der Waals surface area contributed by atoms with Crippen LogP contribution >= 0.6 is 0 Å². The first-order valence-electron chi connectivity index (χ1n) is 10.4. The largest absolute Gasteiger partial charge is 0.505 e. The zero-order chi connectivity index (χ0) is 22.8. The number of allylic oxidation sites excluding steroid dienone is 1. The molecule has 1 saturated carbocycles. The summed E-state index contributed by atoms with van der Waals surface area (Å²) in [6.07, 6.45) is 1.69. The van der Waals surface area contributed by atoms with Crippen LogP contribution in [0.25, 0.3) is 4.98 Å². The van der Waals surface area contributed by atoms with Crippen molar-refractivity contribution in [3.63, 3.8) is 0 Å². The predicted molar refractivity (Wildman–Crippen MR) is 118 cm³/mol. The van der Waals surface area contributed by atoms with E-state index in [-0.39, 0.29) is 35.3 Å². The van der Waals surface area contributed by atoms with E-state index >= 15 is 0 Å². The van der Waals surface area contributed by atoms with E-state index in [0.29, 0.717) is 0 Å². The van der Waals surface area contributed by atoms with Gasteiger partial charge in [0.2, 0.25) is 5.39 Å². The van der Waals surface area contributed by atoms with Crippen molar-refractivity contribution in [3.8, 4) is 0 Å². The van der Waals surface area contributed by atoms with Crippen molar-refractivity contribution in [2.75, 3.05) is 6.61 Å². The first-order chi connectivity index (χ1) is 13.0. The Bertz CT molecular complexity index is 728. The van der Waals surface area contributed by atoms with Crippen LogP contribution in [0.2, 0.25) is 18.1 Å². The molecule has 0 aromatic heterocycles. The molecule has 164 valence electrons. The van der Waals surface area contributed by atoms with E-state index in [2.05, 4.69) is 59.3 Å². The van der Waals surface area contributed by atoms with Crippen LogP contribution in [0, 0.1) is 16.2 Å². The molecular weight excluding hydrogens is 384 g/mol. The van der Waals surface area contributed by atoms with Gasteiger partial charge in [-0.25, -0.2) is 4.79 Å². The van der Waals surface area contributed by atoms with Gasteiger partial charge in [-0.05, 0) is 43.3 Å².